The largest absolute Gasteiger partial charge is 0.472 e. The van der Waals surface area contributed by atoms with Gasteiger partial charge in [-0.3, -0.25) is 10.00 Å². The van der Waals surface area contributed by atoms with Crippen LogP contribution in [-0.4, -0.2) is 33.2 Å². The zero-order chi connectivity index (χ0) is 13.4. The van der Waals surface area contributed by atoms with E-state index in [-0.39, 0.29) is 0 Å². The van der Waals surface area contributed by atoms with Crippen molar-refractivity contribution >= 4 is 0 Å². The van der Waals surface area contributed by atoms with Gasteiger partial charge in [-0.15, -0.1) is 0 Å². The van der Waals surface area contributed by atoms with E-state index in [2.05, 4.69) is 15.1 Å². The number of H-pyrrole nitrogens is 1. The van der Waals surface area contributed by atoms with Gasteiger partial charge in [0.05, 0.1) is 12.5 Å². The van der Waals surface area contributed by atoms with Gasteiger partial charge in [0, 0.05) is 23.9 Å². The third-order valence-electron chi connectivity index (χ3n) is 4.42. The minimum Gasteiger partial charge on any atom is -0.472 e. The number of aromatic nitrogens is 3. The van der Waals surface area contributed by atoms with E-state index < -0.39 is 0 Å². The van der Waals surface area contributed by atoms with Crippen molar-refractivity contribution in [1.29, 1.82) is 0 Å². The second-order valence-corrected chi connectivity index (χ2v) is 6.04. The van der Waals surface area contributed by atoms with Crippen molar-refractivity contribution in [3.05, 3.63) is 35.8 Å². The average molecular weight is 272 g/mol. The van der Waals surface area contributed by atoms with Crippen LogP contribution in [0.3, 0.4) is 0 Å². The van der Waals surface area contributed by atoms with E-state index in [1.165, 1.54) is 18.4 Å². The molecule has 2 aliphatic rings. The topological polar surface area (TPSA) is 58.0 Å². The fraction of sp³-hybridized carbons (Fsp3) is 0.600. The number of nitrogens with one attached hydrogen (secondary N) is 1. The minimum atomic E-state index is 0.551. The Bertz CT molecular complexity index is 550. The maximum Gasteiger partial charge on any atom is 0.153 e. The Balaban J connectivity index is 1.34. The molecule has 0 radical (unpaired) electrons. The summed E-state index contributed by atoms with van der Waals surface area (Å²) >= 11 is 0. The number of nitrogens with zero attached hydrogens (tertiary/aromatic N) is 3. The zero-order valence-corrected chi connectivity index (χ0v) is 11.6. The van der Waals surface area contributed by atoms with E-state index in [9.17, 15) is 0 Å². The highest BCUT2D eigenvalue weighted by atomic mass is 16.3. The first kappa shape index (κ1) is 12.1. The van der Waals surface area contributed by atoms with Gasteiger partial charge in [-0.2, -0.15) is 5.10 Å². The lowest BCUT2D eigenvalue weighted by atomic mass is 9.96. The third kappa shape index (κ3) is 2.50. The van der Waals surface area contributed by atoms with Gasteiger partial charge in [0.2, 0.25) is 0 Å². The molecule has 5 heteroatoms. The van der Waals surface area contributed by atoms with Crippen molar-refractivity contribution in [1.82, 2.24) is 20.1 Å². The lowest BCUT2D eigenvalue weighted by molar-refractivity contribution is 0.201. The SMILES string of the molecule is c1cc(CN2CCC(c3nc(C4CC4)n[nH]3)CC2)co1. The maximum absolute atomic E-state index is 5.13. The van der Waals surface area contributed by atoms with E-state index in [1.54, 1.807) is 6.26 Å². The molecule has 1 saturated carbocycles. The molecule has 0 atom stereocenters. The molecule has 1 aliphatic heterocycles. The molecule has 1 aliphatic carbocycles. The second kappa shape index (κ2) is 5.05. The molecule has 3 heterocycles. The quantitative estimate of drug-likeness (QED) is 0.929. The Morgan fingerprint density at radius 1 is 1.20 bits per heavy atom. The Morgan fingerprint density at radius 2 is 2.05 bits per heavy atom. The van der Waals surface area contributed by atoms with Crippen LogP contribution >= 0.6 is 0 Å². The lowest BCUT2D eigenvalue weighted by Crippen LogP contribution is -2.32. The predicted molar refractivity (Wildman–Crippen MR) is 74.3 cm³/mol. The van der Waals surface area contributed by atoms with E-state index in [0.717, 1.165) is 44.1 Å². The van der Waals surface area contributed by atoms with Crippen molar-refractivity contribution in [3.63, 3.8) is 0 Å². The summed E-state index contributed by atoms with van der Waals surface area (Å²) in [6.07, 6.45) is 8.44. The molecule has 2 fully saturated rings. The van der Waals surface area contributed by atoms with E-state index in [0.29, 0.717) is 11.8 Å². The van der Waals surface area contributed by atoms with Gasteiger partial charge < -0.3 is 4.42 Å². The van der Waals surface area contributed by atoms with Crippen molar-refractivity contribution in [2.45, 2.75) is 44.1 Å². The molecule has 0 bridgehead atoms. The molecular weight excluding hydrogens is 252 g/mol. The van der Waals surface area contributed by atoms with E-state index >= 15 is 0 Å². The average Bonchev–Trinajstić information content (AvgIpc) is 3.00. The van der Waals surface area contributed by atoms with Crippen molar-refractivity contribution in [3.8, 4) is 0 Å². The van der Waals surface area contributed by atoms with Crippen molar-refractivity contribution in [2.24, 2.45) is 0 Å². The van der Waals surface area contributed by atoms with Crippen LogP contribution in [-0.2, 0) is 6.54 Å². The molecule has 1 saturated heterocycles. The smallest absolute Gasteiger partial charge is 0.153 e. The zero-order valence-electron chi connectivity index (χ0n) is 11.6. The van der Waals surface area contributed by atoms with Crippen LogP contribution in [0, 0.1) is 0 Å². The lowest BCUT2D eigenvalue weighted by Gasteiger charge is -2.30. The molecule has 2 aromatic rings. The molecule has 4 rings (SSSR count). The molecule has 0 spiro atoms. The molecule has 5 nitrogen and oxygen atoms in total. The van der Waals surface area contributed by atoms with Crippen LogP contribution in [0.25, 0.3) is 0 Å². The van der Waals surface area contributed by atoms with Gasteiger partial charge in [-0.25, -0.2) is 4.98 Å². The first-order valence-corrected chi connectivity index (χ1v) is 7.54. The van der Waals surface area contributed by atoms with Gasteiger partial charge in [-0.1, -0.05) is 0 Å². The Kier molecular flexibility index (Phi) is 3.07. The summed E-state index contributed by atoms with van der Waals surface area (Å²) in [5.41, 5.74) is 1.26. The van der Waals surface area contributed by atoms with Crippen LogP contribution in [0.15, 0.2) is 23.0 Å². The molecule has 106 valence electrons. The number of furan rings is 1. The predicted octanol–water partition coefficient (Wildman–Crippen LogP) is 2.65. The fourth-order valence-corrected chi connectivity index (χ4v) is 3.00. The van der Waals surface area contributed by atoms with Gasteiger partial charge in [-0.05, 0) is 44.8 Å². The summed E-state index contributed by atoms with van der Waals surface area (Å²) in [6, 6.07) is 2.05. The van der Waals surface area contributed by atoms with E-state index in [1.807, 2.05) is 12.3 Å². The minimum absolute atomic E-state index is 0.551. The highest BCUT2D eigenvalue weighted by molar-refractivity contribution is 5.09. The second-order valence-electron chi connectivity index (χ2n) is 6.04. The first-order chi connectivity index (χ1) is 9.88. The van der Waals surface area contributed by atoms with Gasteiger partial charge in [0.1, 0.15) is 5.82 Å². The third-order valence-corrected chi connectivity index (χ3v) is 4.42. The molecule has 20 heavy (non-hydrogen) atoms. The highest BCUT2D eigenvalue weighted by Crippen LogP contribution is 2.38. The van der Waals surface area contributed by atoms with Crippen molar-refractivity contribution < 1.29 is 4.42 Å². The van der Waals surface area contributed by atoms with Crippen LogP contribution in [0.1, 0.15) is 54.7 Å². The Morgan fingerprint density at radius 3 is 2.75 bits per heavy atom. The number of likely N-dealkylation sites (tertiary alicyclic amines) is 1. The fourth-order valence-electron chi connectivity index (χ4n) is 3.00. The summed E-state index contributed by atoms with van der Waals surface area (Å²) in [5, 5.41) is 7.53. The molecule has 0 aromatic carbocycles. The molecule has 2 aromatic heterocycles. The van der Waals surface area contributed by atoms with Gasteiger partial charge in [0.15, 0.2) is 5.82 Å². The maximum atomic E-state index is 5.13. The molecule has 0 unspecified atom stereocenters. The highest BCUT2D eigenvalue weighted by Gasteiger charge is 2.30. The van der Waals surface area contributed by atoms with Crippen LogP contribution < -0.4 is 0 Å². The monoisotopic (exact) mass is 272 g/mol. The summed E-state index contributed by atoms with van der Waals surface area (Å²) in [5.74, 6) is 3.34. The number of hydrogen-bond acceptors (Lipinski definition) is 4. The Hall–Kier alpha value is -1.62. The first-order valence-electron chi connectivity index (χ1n) is 7.54. The van der Waals surface area contributed by atoms with Crippen LogP contribution in [0.4, 0.5) is 0 Å². The summed E-state index contributed by atoms with van der Waals surface area (Å²) in [7, 11) is 0. The summed E-state index contributed by atoms with van der Waals surface area (Å²) in [6.45, 7) is 3.23. The number of hydrogen-bond donors (Lipinski definition) is 1. The standard InChI is InChI=1S/C15H20N4O/c1-2-12(1)14-16-15(18-17-14)13-3-6-19(7-4-13)9-11-5-8-20-10-11/h5,8,10,12-13H,1-4,6-7,9H2,(H,16,17,18). The Labute approximate surface area is 118 Å². The summed E-state index contributed by atoms with van der Waals surface area (Å²) in [4.78, 5) is 7.18. The van der Waals surface area contributed by atoms with Gasteiger partial charge in [0.25, 0.3) is 0 Å². The number of rotatable bonds is 4. The summed E-state index contributed by atoms with van der Waals surface area (Å²) < 4.78 is 5.13. The molecular formula is C15H20N4O. The van der Waals surface area contributed by atoms with E-state index in [4.69, 9.17) is 9.40 Å². The number of piperidine rings is 1. The number of aromatic amines is 1. The van der Waals surface area contributed by atoms with Crippen LogP contribution in [0.5, 0.6) is 0 Å². The normalized spacial score (nSPS) is 21.4. The van der Waals surface area contributed by atoms with Gasteiger partial charge >= 0.3 is 0 Å². The molecule has 0 amide bonds. The van der Waals surface area contributed by atoms with Crippen molar-refractivity contribution in [2.75, 3.05) is 13.1 Å². The van der Waals surface area contributed by atoms with Crippen LogP contribution in [0.2, 0.25) is 0 Å². The molecule has 1 N–H and O–H groups in total.